The molecule has 0 radical (unpaired) electrons. The normalized spacial score (nSPS) is 13.0. The molecule has 4 N–H and O–H groups in total. The first-order valence-corrected chi connectivity index (χ1v) is 5.33. The van der Waals surface area contributed by atoms with Crippen molar-refractivity contribution in [3.63, 3.8) is 0 Å². The lowest BCUT2D eigenvalue weighted by Crippen LogP contribution is -2.20. The molecular weight excluding hydrogens is 245 g/mol. The third-order valence-corrected chi connectivity index (χ3v) is 1.79. The Morgan fingerprint density at radius 1 is 1.39 bits per heavy atom. The summed E-state index contributed by atoms with van der Waals surface area (Å²) in [6, 6.07) is 1.64. The molecule has 7 heteroatoms. The Labute approximate surface area is 104 Å². The average Bonchev–Trinajstić information content (AvgIpc) is 2.73. The third-order valence-electron chi connectivity index (χ3n) is 1.79. The van der Waals surface area contributed by atoms with Gasteiger partial charge >= 0.3 is 6.18 Å². The molecular formula is C11H17F3N4. The third kappa shape index (κ3) is 4.52. The number of aryl methyl sites for hydroxylation is 1. The molecule has 102 valence electrons. The van der Waals surface area contributed by atoms with E-state index in [9.17, 15) is 13.2 Å². The average molecular weight is 262 g/mol. The fourth-order valence-corrected chi connectivity index (χ4v) is 0.991. The Bertz CT molecular complexity index is 430. The molecule has 0 aliphatic rings. The first kappa shape index (κ1) is 16.1. The smallest absolute Gasteiger partial charge is 0.403 e. The van der Waals surface area contributed by atoms with Crippen molar-refractivity contribution in [2.24, 2.45) is 11.5 Å². The maximum atomic E-state index is 12.2. The van der Waals surface area contributed by atoms with Crippen molar-refractivity contribution >= 4 is 5.70 Å². The van der Waals surface area contributed by atoms with Gasteiger partial charge in [-0.1, -0.05) is 13.8 Å². The van der Waals surface area contributed by atoms with Gasteiger partial charge in [-0.2, -0.15) is 18.3 Å². The van der Waals surface area contributed by atoms with Crippen molar-refractivity contribution in [2.75, 3.05) is 0 Å². The monoisotopic (exact) mass is 262 g/mol. The molecule has 1 rings (SSSR count). The lowest BCUT2D eigenvalue weighted by Gasteiger charge is -2.07. The van der Waals surface area contributed by atoms with Crippen LogP contribution in [0.3, 0.4) is 0 Å². The second-order valence-corrected chi connectivity index (χ2v) is 3.09. The van der Waals surface area contributed by atoms with Gasteiger partial charge in [0.05, 0.1) is 11.4 Å². The summed E-state index contributed by atoms with van der Waals surface area (Å²) in [7, 11) is 0. The Morgan fingerprint density at radius 2 is 1.94 bits per heavy atom. The number of allylic oxidation sites excluding steroid dienone is 3. The maximum Gasteiger partial charge on any atom is 0.430 e. The van der Waals surface area contributed by atoms with E-state index in [1.807, 2.05) is 13.8 Å². The van der Waals surface area contributed by atoms with Crippen molar-refractivity contribution in [1.82, 2.24) is 9.78 Å². The van der Waals surface area contributed by atoms with E-state index in [4.69, 9.17) is 11.5 Å². The lowest BCUT2D eigenvalue weighted by molar-refractivity contribution is -0.0926. The van der Waals surface area contributed by atoms with Crippen LogP contribution in [0.15, 0.2) is 30.2 Å². The Morgan fingerprint density at radius 3 is 2.28 bits per heavy atom. The van der Waals surface area contributed by atoms with Crippen LogP contribution in [0.25, 0.3) is 5.70 Å². The molecule has 0 fully saturated rings. The molecule has 1 aromatic rings. The van der Waals surface area contributed by atoms with E-state index >= 15 is 0 Å². The number of nitrogens with zero attached hydrogens (tertiary/aromatic N) is 2. The molecule has 0 amide bonds. The molecule has 0 bridgehead atoms. The van der Waals surface area contributed by atoms with Crippen molar-refractivity contribution in [2.45, 2.75) is 26.9 Å². The zero-order chi connectivity index (χ0) is 14.3. The minimum Gasteiger partial charge on any atom is -0.403 e. The van der Waals surface area contributed by atoms with Crippen molar-refractivity contribution in [3.8, 4) is 0 Å². The molecule has 0 saturated carbocycles. The van der Waals surface area contributed by atoms with Crippen LogP contribution in [-0.4, -0.2) is 16.0 Å². The van der Waals surface area contributed by atoms with Crippen LogP contribution in [-0.2, 0) is 0 Å². The molecule has 0 aromatic carbocycles. The summed E-state index contributed by atoms with van der Waals surface area (Å²) < 4.78 is 37.7. The van der Waals surface area contributed by atoms with Gasteiger partial charge in [0.15, 0.2) is 0 Å². The standard InChI is InChI=1S/C9H11F3N4.C2H6/c1-6-2-3-16(15-6)7(5-13)4-8(14)9(10,11)12;1-2/h2-5H,13-14H2,1H3;1-2H3/b7-5+,8-4-;. The van der Waals surface area contributed by atoms with Gasteiger partial charge in [0.2, 0.25) is 0 Å². The highest BCUT2D eigenvalue weighted by Gasteiger charge is 2.31. The van der Waals surface area contributed by atoms with Crippen molar-refractivity contribution in [3.05, 3.63) is 35.9 Å². The minimum atomic E-state index is -4.57. The van der Waals surface area contributed by atoms with Crippen LogP contribution in [0.4, 0.5) is 13.2 Å². The van der Waals surface area contributed by atoms with Gasteiger partial charge in [-0.15, -0.1) is 0 Å². The molecule has 4 nitrogen and oxygen atoms in total. The zero-order valence-electron chi connectivity index (χ0n) is 10.5. The predicted octanol–water partition coefficient (Wildman–Crippen LogP) is 2.38. The largest absolute Gasteiger partial charge is 0.430 e. The van der Waals surface area contributed by atoms with Crippen LogP contribution in [0.5, 0.6) is 0 Å². The summed E-state index contributed by atoms with van der Waals surface area (Å²) in [6.07, 6.45) is -1.35. The van der Waals surface area contributed by atoms with Gasteiger partial charge in [0, 0.05) is 12.4 Å². The van der Waals surface area contributed by atoms with E-state index in [-0.39, 0.29) is 5.70 Å². The van der Waals surface area contributed by atoms with Gasteiger partial charge < -0.3 is 11.5 Å². The molecule has 0 spiro atoms. The van der Waals surface area contributed by atoms with Gasteiger partial charge in [-0.05, 0) is 19.1 Å². The summed E-state index contributed by atoms with van der Waals surface area (Å²) in [5.74, 6) is 0. The minimum absolute atomic E-state index is 0.0583. The molecule has 0 unspecified atom stereocenters. The second-order valence-electron chi connectivity index (χ2n) is 3.09. The van der Waals surface area contributed by atoms with Crippen LogP contribution < -0.4 is 11.5 Å². The van der Waals surface area contributed by atoms with Crippen LogP contribution >= 0.6 is 0 Å². The van der Waals surface area contributed by atoms with E-state index in [1.54, 1.807) is 13.0 Å². The van der Waals surface area contributed by atoms with E-state index in [2.05, 4.69) is 5.10 Å². The molecule has 0 aliphatic carbocycles. The molecule has 0 atom stereocenters. The SMILES string of the molecule is CC.Cc1ccn(C(/C=C(\N)C(F)(F)F)=C/N)n1. The Hall–Kier alpha value is -1.92. The highest BCUT2D eigenvalue weighted by molar-refractivity contribution is 5.57. The number of rotatable bonds is 2. The van der Waals surface area contributed by atoms with Crippen LogP contribution in [0, 0.1) is 6.92 Å². The summed E-state index contributed by atoms with van der Waals surface area (Å²) in [5, 5.41) is 3.92. The quantitative estimate of drug-likeness (QED) is 0.804. The molecule has 1 aromatic heterocycles. The van der Waals surface area contributed by atoms with Crippen LogP contribution in [0.1, 0.15) is 19.5 Å². The number of hydrogen-bond acceptors (Lipinski definition) is 3. The van der Waals surface area contributed by atoms with E-state index < -0.39 is 11.9 Å². The molecule has 18 heavy (non-hydrogen) atoms. The predicted molar refractivity (Wildman–Crippen MR) is 65.1 cm³/mol. The number of alkyl halides is 3. The molecule has 1 heterocycles. The Balaban J connectivity index is 0.00000137. The van der Waals surface area contributed by atoms with E-state index in [0.29, 0.717) is 5.69 Å². The first-order chi connectivity index (χ1) is 8.34. The molecule has 0 aliphatic heterocycles. The van der Waals surface area contributed by atoms with Gasteiger partial charge in [-0.25, -0.2) is 4.68 Å². The number of aromatic nitrogens is 2. The number of hydrogen-bond donors (Lipinski definition) is 2. The summed E-state index contributed by atoms with van der Waals surface area (Å²) >= 11 is 0. The first-order valence-electron chi connectivity index (χ1n) is 5.33. The van der Waals surface area contributed by atoms with Gasteiger partial charge in [-0.3, -0.25) is 0 Å². The summed E-state index contributed by atoms with van der Waals surface area (Å²) in [5.41, 5.74) is 9.58. The van der Waals surface area contributed by atoms with Crippen molar-refractivity contribution in [1.29, 1.82) is 0 Å². The topological polar surface area (TPSA) is 69.9 Å². The van der Waals surface area contributed by atoms with Gasteiger partial charge in [0.1, 0.15) is 5.70 Å². The van der Waals surface area contributed by atoms with Crippen LogP contribution in [0.2, 0.25) is 0 Å². The highest BCUT2D eigenvalue weighted by atomic mass is 19.4. The fourth-order valence-electron chi connectivity index (χ4n) is 0.991. The lowest BCUT2D eigenvalue weighted by atomic mass is 10.3. The summed E-state index contributed by atoms with van der Waals surface area (Å²) in [4.78, 5) is 0. The zero-order valence-corrected chi connectivity index (χ0v) is 10.5. The van der Waals surface area contributed by atoms with E-state index in [0.717, 1.165) is 12.3 Å². The number of nitrogens with two attached hydrogens (primary N) is 2. The fraction of sp³-hybridized carbons (Fsp3) is 0.364. The Kier molecular flexibility index (Phi) is 6.01. The maximum absolute atomic E-state index is 12.2. The number of halogens is 3. The highest BCUT2D eigenvalue weighted by Crippen LogP contribution is 2.23. The summed E-state index contributed by atoms with van der Waals surface area (Å²) in [6.45, 7) is 5.71. The van der Waals surface area contributed by atoms with Crippen molar-refractivity contribution < 1.29 is 13.2 Å². The van der Waals surface area contributed by atoms with E-state index in [1.165, 1.54) is 10.9 Å². The molecule has 0 saturated heterocycles. The second kappa shape index (κ2) is 6.73. The van der Waals surface area contributed by atoms with Gasteiger partial charge in [0.25, 0.3) is 0 Å².